The van der Waals surface area contributed by atoms with Gasteiger partial charge < -0.3 is 15.0 Å². The average molecular weight is 370 g/mol. The number of nitrogens with one attached hydrogen (secondary N) is 1. The standard InChI is InChI=1S/C19H22N4O4/c1-12-16(22-27-21-12)10-18(24)23-7-6-13-4-5-15(9-14(13)11-23)20-19(25)17-3-2-8-26-17/h4-5,9,17H,2-3,6-8,10-11H2,1H3,(H,20,25). The van der Waals surface area contributed by atoms with Gasteiger partial charge in [0.25, 0.3) is 5.91 Å². The van der Waals surface area contributed by atoms with E-state index in [1.54, 1.807) is 6.92 Å². The summed E-state index contributed by atoms with van der Waals surface area (Å²) in [5, 5.41) is 10.4. The summed E-state index contributed by atoms with van der Waals surface area (Å²) in [6.07, 6.45) is 2.28. The van der Waals surface area contributed by atoms with E-state index in [2.05, 4.69) is 20.3 Å². The number of ether oxygens (including phenoxy) is 1. The van der Waals surface area contributed by atoms with Gasteiger partial charge in [-0.1, -0.05) is 16.4 Å². The number of hydrogen-bond donors (Lipinski definition) is 1. The van der Waals surface area contributed by atoms with Crippen LogP contribution >= 0.6 is 0 Å². The van der Waals surface area contributed by atoms with Gasteiger partial charge in [-0.15, -0.1) is 0 Å². The van der Waals surface area contributed by atoms with Crippen molar-refractivity contribution in [2.75, 3.05) is 18.5 Å². The lowest BCUT2D eigenvalue weighted by atomic mass is 9.98. The molecule has 27 heavy (non-hydrogen) atoms. The summed E-state index contributed by atoms with van der Waals surface area (Å²) < 4.78 is 10.1. The number of aryl methyl sites for hydroxylation is 1. The minimum absolute atomic E-state index is 0.00626. The largest absolute Gasteiger partial charge is 0.368 e. The third kappa shape index (κ3) is 3.85. The molecule has 142 valence electrons. The molecule has 2 aliphatic heterocycles. The van der Waals surface area contributed by atoms with E-state index >= 15 is 0 Å². The number of aromatic nitrogens is 2. The maximum absolute atomic E-state index is 12.6. The molecule has 2 aliphatic rings. The molecule has 1 atom stereocenters. The minimum atomic E-state index is -0.363. The fourth-order valence-corrected chi connectivity index (χ4v) is 3.52. The first kappa shape index (κ1) is 17.7. The third-order valence-corrected chi connectivity index (χ3v) is 5.13. The molecule has 1 unspecified atom stereocenters. The maximum Gasteiger partial charge on any atom is 0.253 e. The molecule has 0 saturated carbocycles. The second kappa shape index (κ2) is 7.48. The number of carbonyl (C=O) groups excluding carboxylic acids is 2. The highest BCUT2D eigenvalue weighted by Gasteiger charge is 2.25. The van der Waals surface area contributed by atoms with Crippen LogP contribution in [0.1, 0.15) is 35.4 Å². The summed E-state index contributed by atoms with van der Waals surface area (Å²) >= 11 is 0. The van der Waals surface area contributed by atoms with Crippen molar-refractivity contribution in [1.82, 2.24) is 15.2 Å². The Kier molecular flexibility index (Phi) is 4.89. The summed E-state index contributed by atoms with van der Waals surface area (Å²) in [7, 11) is 0. The fourth-order valence-electron chi connectivity index (χ4n) is 3.52. The molecular weight excluding hydrogens is 348 g/mol. The van der Waals surface area contributed by atoms with Gasteiger partial charge in [0, 0.05) is 25.4 Å². The smallest absolute Gasteiger partial charge is 0.253 e. The summed E-state index contributed by atoms with van der Waals surface area (Å²) in [4.78, 5) is 26.6. The first-order valence-corrected chi connectivity index (χ1v) is 9.20. The second-order valence-corrected chi connectivity index (χ2v) is 7.01. The zero-order chi connectivity index (χ0) is 18.8. The molecule has 0 radical (unpaired) electrons. The molecule has 0 aliphatic carbocycles. The van der Waals surface area contributed by atoms with Crippen LogP contribution in [0.25, 0.3) is 0 Å². The number of anilines is 1. The van der Waals surface area contributed by atoms with E-state index in [0.29, 0.717) is 31.1 Å². The first-order chi connectivity index (χ1) is 13.1. The van der Waals surface area contributed by atoms with Crippen molar-refractivity contribution < 1.29 is 19.0 Å². The molecule has 2 amide bonds. The van der Waals surface area contributed by atoms with Gasteiger partial charge in [0.2, 0.25) is 5.91 Å². The topological polar surface area (TPSA) is 97.6 Å². The summed E-state index contributed by atoms with van der Waals surface area (Å²) in [5.74, 6) is -0.113. The van der Waals surface area contributed by atoms with E-state index in [1.807, 2.05) is 23.1 Å². The number of nitrogens with zero attached hydrogens (tertiary/aromatic N) is 3. The average Bonchev–Trinajstić information content (AvgIpc) is 3.33. The van der Waals surface area contributed by atoms with Crippen molar-refractivity contribution in [3.63, 3.8) is 0 Å². The molecule has 2 aromatic rings. The molecular formula is C19H22N4O4. The van der Waals surface area contributed by atoms with Crippen molar-refractivity contribution in [3.05, 3.63) is 40.7 Å². The quantitative estimate of drug-likeness (QED) is 0.878. The van der Waals surface area contributed by atoms with Gasteiger partial charge in [-0.3, -0.25) is 9.59 Å². The Morgan fingerprint density at radius 1 is 1.30 bits per heavy atom. The van der Waals surface area contributed by atoms with Gasteiger partial charge in [-0.25, -0.2) is 4.63 Å². The molecule has 0 spiro atoms. The van der Waals surface area contributed by atoms with Crippen LogP contribution in [0.15, 0.2) is 22.8 Å². The van der Waals surface area contributed by atoms with E-state index in [1.165, 1.54) is 5.56 Å². The first-order valence-electron chi connectivity index (χ1n) is 9.20. The van der Waals surface area contributed by atoms with Gasteiger partial charge in [0.05, 0.1) is 6.42 Å². The van der Waals surface area contributed by atoms with Crippen LogP contribution in [0.2, 0.25) is 0 Å². The Labute approximate surface area is 156 Å². The lowest BCUT2D eigenvalue weighted by Crippen LogP contribution is -2.37. The predicted octanol–water partition coefficient (Wildman–Crippen LogP) is 1.62. The summed E-state index contributed by atoms with van der Waals surface area (Å²) in [6, 6.07) is 5.88. The molecule has 4 rings (SSSR count). The highest BCUT2D eigenvalue weighted by molar-refractivity contribution is 5.94. The van der Waals surface area contributed by atoms with Crippen LogP contribution < -0.4 is 5.32 Å². The van der Waals surface area contributed by atoms with Gasteiger partial charge in [-0.2, -0.15) is 0 Å². The molecule has 8 nitrogen and oxygen atoms in total. The van der Waals surface area contributed by atoms with E-state index in [0.717, 1.165) is 30.5 Å². The summed E-state index contributed by atoms with van der Waals surface area (Å²) in [6.45, 7) is 3.59. The SMILES string of the molecule is Cc1nonc1CC(=O)N1CCc2ccc(NC(=O)C3CCCO3)cc2C1. The molecule has 1 aromatic carbocycles. The Morgan fingerprint density at radius 3 is 2.93 bits per heavy atom. The molecule has 1 fully saturated rings. The fraction of sp³-hybridized carbons (Fsp3) is 0.474. The normalized spacial score (nSPS) is 19.0. The molecule has 1 saturated heterocycles. The van der Waals surface area contributed by atoms with Crippen molar-refractivity contribution in [3.8, 4) is 0 Å². The number of carbonyl (C=O) groups is 2. The monoisotopic (exact) mass is 370 g/mol. The Hall–Kier alpha value is -2.74. The van der Waals surface area contributed by atoms with E-state index in [-0.39, 0.29) is 24.3 Å². The zero-order valence-corrected chi connectivity index (χ0v) is 15.2. The number of fused-ring (bicyclic) bond motifs is 1. The summed E-state index contributed by atoms with van der Waals surface area (Å²) in [5.41, 5.74) is 4.20. The van der Waals surface area contributed by atoms with Crippen LogP contribution in [0.4, 0.5) is 5.69 Å². The van der Waals surface area contributed by atoms with Gasteiger partial charge in [-0.05, 0) is 49.4 Å². The number of benzene rings is 1. The highest BCUT2D eigenvalue weighted by Crippen LogP contribution is 2.24. The second-order valence-electron chi connectivity index (χ2n) is 7.01. The van der Waals surface area contributed by atoms with Crippen molar-refractivity contribution in [1.29, 1.82) is 0 Å². The van der Waals surface area contributed by atoms with Crippen LogP contribution in [-0.2, 0) is 33.7 Å². The molecule has 3 heterocycles. The number of hydrogen-bond acceptors (Lipinski definition) is 6. The van der Waals surface area contributed by atoms with Gasteiger partial charge in [0.1, 0.15) is 17.5 Å². The lowest BCUT2D eigenvalue weighted by Gasteiger charge is -2.29. The maximum atomic E-state index is 12.6. The van der Waals surface area contributed by atoms with Crippen LogP contribution in [0.5, 0.6) is 0 Å². The van der Waals surface area contributed by atoms with Crippen LogP contribution in [0.3, 0.4) is 0 Å². The number of amides is 2. The van der Waals surface area contributed by atoms with E-state index < -0.39 is 0 Å². The Morgan fingerprint density at radius 2 is 2.19 bits per heavy atom. The highest BCUT2D eigenvalue weighted by atomic mass is 16.6. The predicted molar refractivity (Wildman–Crippen MR) is 95.9 cm³/mol. The number of rotatable bonds is 4. The van der Waals surface area contributed by atoms with Gasteiger partial charge >= 0.3 is 0 Å². The van der Waals surface area contributed by atoms with Crippen LogP contribution in [0, 0.1) is 6.92 Å². The molecule has 0 bridgehead atoms. The molecule has 1 N–H and O–H groups in total. The van der Waals surface area contributed by atoms with E-state index in [9.17, 15) is 9.59 Å². The third-order valence-electron chi connectivity index (χ3n) is 5.13. The van der Waals surface area contributed by atoms with Crippen molar-refractivity contribution in [2.24, 2.45) is 0 Å². The molecule has 8 heteroatoms. The van der Waals surface area contributed by atoms with Crippen LogP contribution in [-0.4, -0.2) is 46.3 Å². The Balaban J connectivity index is 1.42. The van der Waals surface area contributed by atoms with Crippen molar-refractivity contribution in [2.45, 2.75) is 45.3 Å². The minimum Gasteiger partial charge on any atom is -0.368 e. The zero-order valence-electron chi connectivity index (χ0n) is 15.2. The lowest BCUT2D eigenvalue weighted by molar-refractivity contribution is -0.131. The Bertz CT molecular complexity index is 857. The van der Waals surface area contributed by atoms with Gasteiger partial charge in [0.15, 0.2) is 0 Å². The molecule has 1 aromatic heterocycles. The van der Waals surface area contributed by atoms with E-state index in [4.69, 9.17) is 4.74 Å². The van der Waals surface area contributed by atoms with Crippen molar-refractivity contribution >= 4 is 17.5 Å².